The normalized spacial score (nSPS) is 17.8. The summed E-state index contributed by atoms with van der Waals surface area (Å²) in [4.78, 5) is 21.9. The molecule has 132 valence electrons. The topological polar surface area (TPSA) is 89.2 Å². The molecule has 0 aromatic carbocycles. The standard InChI is InChI=1S/C17H21N5O3/c1-21-16-14(8-18-21)17(23)20-15(19-16)11-22(9-12-4-2-6-24-12)10-13-5-3-7-25-13/h2,4,6,8,13H,3,5,7,9-11H2,1H3,(H,19,20,23)/t13-/m1/s1. The number of hydrogen-bond acceptors (Lipinski definition) is 6. The van der Waals surface area contributed by atoms with Gasteiger partial charge in [-0.1, -0.05) is 0 Å². The summed E-state index contributed by atoms with van der Waals surface area (Å²) >= 11 is 0. The van der Waals surface area contributed by atoms with Crippen LogP contribution < -0.4 is 5.56 Å². The highest BCUT2D eigenvalue weighted by Gasteiger charge is 2.21. The molecule has 1 atom stereocenters. The molecule has 0 spiro atoms. The van der Waals surface area contributed by atoms with Gasteiger partial charge in [-0.15, -0.1) is 0 Å². The van der Waals surface area contributed by atoms with Gasteiger partial charge in [0.25, 0.3) is 5.56 Å². The second kappa shape index (κ2) is 6.81. The molecule has 4 heterocycles. The zero-order valence-electron chi connectivity index (χ0n) is 14.1. The quantitative estimate of drug-likeness (QED) is 0.728. The predicted molar refractivity (Wildman–Crippen MR) is 90.9 cm³/mol. The third-order valence-electron chi connectivity index (χ3n) is 4.47. The van der Waals surface area contributed by atoms with Gasteiger partial charge < -0.3 is 14.1 Å². The summed E-state index contributed by atoms with van der Waals surface area (Å²) in [6.07, 6.45) is 5.57. The van der Waals surface area contributed by atoms with E-state index in [2.05, 4.69) is 20.0 Å². The van der Waals surface area contributed by atoms with Crippen molar-refractivity contribution in [3.63, 3.8) is 0 Å². The van der Waals surface area contributed by atoms with Gasteiger partial charge in [-0.3, -0.25) is 14.4 Å². The van der Waals surface area contributed by atoms with Crippen LogP contribution in [0.2, 0.25) is 0 Å². The van der Waals surface area contributed by atoms with Gasteiger partial charge in [-0.2, -0.15) is 5.10 Å². The molecule has 1 saturated heterocycles. The van der Waals surface area contributed by atoms with E-state index in [4.69, 9.17) is 9.15 Å². The SMILES string of the molecule is Cn1ncc2c(=O)[nH]c(CN(Cc3ccco3)C[C@H]3CCCO3)nc21. The van der Waals surface area contributed by atoms with Crippen molar-refractivity contribution in [3.8, 4) is 0 Å². The van der Waals surface area contributed by atoms with Crippen LogP contribution in [0, 0.1) is 0 Å². The molecular formula is C17H21N5O3. The molecule has 0 saturated carbocycles. The van der Waals surface area contributed by atoms with E-state index in [1.54, 1.807) is 18.0 Å². The zero-order chi connectivity index (χ0) is 17.2. The molecule has 1 aliphatic heterocycles. The Morgan fingerprint density at radius 2 is 2.36 bits per heavy atom. The highest BCUT2D eigenvalue weighted by Crippen LogP contribution is 2.17. The Hall–Kier alpha value is -2.45. The van der Waals surface area contributed by atoms with Gasteiger partial charge in [0.2, 0.25) is 0 Å². The third-order valence-corrected chi connectivity index (χ3v) is 4.47. The maximum Gasteiger partial charge on any atom is 0.262 e. The second-order valence-corrected chi connectivity index (χ2v) is 6.40. The molecule has 4 rings (SSSR count). The summed E-state index contributed by atoms with van der Waals surface area (Å²) in [6.45, 7) is 2.74. The van der Waals surface area contributed by atoms with Gasteiger partial charge in [-0.05, 0) is 25.0 Å². The average molecular weight is 343 g/mol. The lowest BCUT2D eigenvalue weighted by atomic mass is 10.2. The fourth-order valence-corrected chi connectivity index (χ4v) is 3.25. The molecule has 8 heteroatoms. The van der Waals surface area contributed by atoms with Crippen LogP contribution in [-0.2, 0) is 24.9 Å². The Bertz CT molecular complexity index is 893. The minimum Gasteiger partial charge on any atom is -0.468 e. The van der Waals surface area contributed by atoms with Crippen molar-refractivity contribution >= 4 is 11.0 Å². The maximum atomic E-state index is 12.2. The number of H-pyrrole nitrogens is 1. The number of fused-ring (bicyclic) bond motifs is 1. The van der Waals surface area contributed by atoms with Crippen molar-refractivity contribution in [2.75, 3.05) is 13.2 Å². The fraction of sp³-hybridized carbons (Fsp3) is 0.471. The Labute approximate surface area is 144 Å². The summed E-state index contributed by atoms with van der Waals surface area (Å²) < 4.78 is 12.9. The third kappa shape index (κ3) is 3.49. The molecule has 0 aliphatic carbocycles. The number of ether oxygens (including phenoxy) is 1. The number of aromatic nitrogens is 4. The molecule has 0 bridgehead atoms. The monoisotopic (exact) mass is 343 g/mol. The molecule has 1 N–H and O–H groups in total. The minimum absolute atomic E-state index is 0.164. The van der Waals surface area contributed by atoms with Crippen molar-refractivity contribution in [2.24, 2.45) is 7.05 Å². The molecule has 1 aliphatic rings. The fourth-order valence-electron chi connectivity index (χ4n) is 3.25. The van der Waals surface area contributed by atoms with Crippen LogP contribution in [0.1, 0.15) is 24.4 Å². The van der Waals surface area contributed by atoms with Crippen LogP contribution in [0.15, 0.2) is 33.8 Å². The van der Waals surface area contributed by atoms with E-state index in [0.717, 1.165) is 31.8 Å². The lowest BCUT2D eigenvalue weighted by molar-refractivity contribution is 0.0645. The molecule has 0 amide bonds. The number of rotatable bonds is 6. The van der Waals surface area contributed by atoms with Crippen LogP contribution in [0.5, 0.6) is 0 Å². The second-order valence-electron chi connectivity index (χ2n) is 6.40. The summed E-state index contributed by atoms with van der Waals surface area (Å²) in [7, 11) is 1.78. The maximum absolute atomic E-state index is 12.2. The van der Waals surface area contributed by atoms with Crippen LogP contribution in [0.4, 0.5) is 0 Å². The summed E-state index contributed by atoms with van der Waals surface area (Å²) in [5.41, 5.74) is 0.428. The number of aromatic amines is 1. The summed E-state index contributed by atoms with van der Waals surface area (Å²) in [5, 5.41) is 4.61. The molecule has 3 aromatic heterocycles. The van der Waals surface area contributed by atoms with Crippen LogP contribution >= 0.6 is 0 Å². The van der Waals surface area contributed by atoms with Gasteiger partial charge in [0.15, 0.2) is 5.65 Å². The van der Waals surface area contributed by atoms with E-state index in [1.807, 2.05) is 12.1 Å². The molecule has 1 fully saturated rings. The van der Waals surface area contributed by atoms with E-state index in [0.29, 0.717) is 29.9 Å². The van der Waals surface area contributed by atoms with Crippen LogP contribution in [-0.4, -0.2) is 43.9 Å². The molecular weight excluding hydrogens is 322 g/mol. The highest BCUT2D eigenvalue weighted by molar-refractivity contribution is 5.72. The van der Waals surface area contributed by atoms with Crippen molar-refractivity contribution in [2.45, 2.75) is 32.0 Å². The molecule has 8 nitrogen and oxygen atoms in total. The average Bonchev–Trinajstić information content (AvgIpc) is 3.32. The Kier molecular flexibility index (Phi) is 4.37. The molecule has 0 radical (unpaired) electrons. The number of hydrogen-bond donors (Lipinski definition) is 1. The van der Waals surface area contributed by atoms with Gasteiger partial charge in [0.1, 0.15) is 17.0 Å². The smallest absolute Gasteiger partial charge is 0.262 e. The van der Waals surface area contributed by atoms with E-state index in [-0.39, 0.29) is 11.7 Å². The van der Waals surface area contributed by atoms with Crippen molar-refractivity contribution in [1.29, 1.82) is 0 Å². The first-order chi connectivity index (χ1) is 12.2. The van der Waals surface area contributed by atoms with Crippen molar-refractivity contribution in [1.82, 2.24) is 24.6 Å². The van der Waals surface area contributed by atoms with Crippen LogP contribution in [0.3, 0.4) is 0 Å². The molecule has 3 aromatic rings. The van der Waals surface area contributed by atoms with Crippen molar-refractivity contribution in [3.05, 3.63) is 46.5 Å². The van der Waals surface area contributed by atoms with Gasteiger partial charge in [-0.25, -0.2) is 4.98 Å². The first-order valence-corrected chi connectivity index (χ1v) is 8.46. The number of nitrogens with zero attached hydrogens (tertiary/aromatic N) is 4. The lowest BCUT2D eigenvalue weighted by Crippen LogP contribution is -2.32. The molecule has 25 heavy (non-hydrogen) atoms. The van der Waals surface area contributed by atoms with Gasteiger partial charge in [0.05, 0.1) is 31.7 Å². The predicted octanol–water partition coefficient (Wildman–Crippen LogP) is 1.43. The number of furan rings is 1. The van der Waals surface area contributed by atoms with Crippen molar-refractivity contribution < 1.29 is 9.15 Å². The van der Waals surface area contributed by atoms with Gasteiger partial charge in [0, 0.05) is 20.2 Å². The summed E-state index contributed by atoms with van der Waals surface area (Å²) in [6, 6.07) is 3.82. The van der Waals surface area contributed by atoms with Crippen LogP contribution in [0.25, 0.3) is 11.0 Å². The Morgan fingerprint density at radius 3 is 3.12 bits per heavy atom. The highest BCUT2D eigenvalue weighted by atomic mass is 16.5. The summed E-state index contributed by atoms with van der Waals surface area (Å²) in [5.74, 6) is 1.49. The lowest BCUT2D eigenvalue weighted by Gasteiger charge is -2.23. The zero-order valence-corrected chi connectivity index (χ0v) is 14.1. The largest absolute Gasteiger partial charge is 0.468 e. The number of aryl methyl sites for hydroxylation is 1. The van der Waals surface area contributed by atoms with Gasteiger partial charge >= 0.3 is 0 Å². The molecule has 0 unspecified atom stereocenters. The van der Waals surface area contributed by atoms with E-state index >= 15 is 0 Å². The van der Waals surface area contributed by atoms with E-state index in [1.165, 1.54) is 6.20 Å². The number of nitrogens with one attached hydrogen (secondary N) is 1. The van der Waals surface area contributed by atoms with E-state index < -0.39 is 0 Å². The van der Waals surface area contributed by atoms with E-state index in [9.17, 15) is 4.79 Å². The first-order valence-electron chi connectivity index (χ1n) is 8.46. The Balaban J connectivity index is 1.58. The minimum atomic E-state index is -0.164. The Morgan fingerprint density at radius 1 is 1.44 bits per heavy atom. The first kappa shape index (κ1) is 16.0.